The molecule has 1 nitrogen and oxygen atoms in total. The summed E-state index contributed by atoms with van der Waals surface area (Å²) < 4.78 is 0. The molecule has 0 aliphatic heterocycles. The Balaban J connectivity index is 2.90. The molecule has 2 unspecified atom stereocenters. The number of halogens is 1. The number of alkyl halides is 1. The van der Waals surface area contributed by atoms with Crippen LogP contribution in [0.25, 0.3) is 0 Å². The Labute approximate surface area is 145 Å². The molecule has 0 saturated carbocycles. The van der Waals surface area contributed by atoms with Crippen LogP contribution in [0.3, 0.4) is 0 Å². The molecule has 4 atom stereocenters. The van der Waals surface area contributed by atoms with E-state index in [-0.39, 0.29) is 5.41 Å². The molecule has 0 aromatic heterocycles. The van der Waals surface area contributed by atoms with Crippen molar-refractivity contribution in [3.05, 3.63) is 36.0 Å². The minimum Gasteiger partial charge on any atom is -0.386 e. The van der Waals surface area contributed by atoms with Crippen LogP contribution < -0.4 is 0 Å². The second-order valence-corrected chi connectivity index (χ2v) is 8.74. The quantitative estimate of drug-likeness (QED) is 0.419. The molecule has 0 spiro atoms. The van der Waals surface area contributed by atoms with Crippen molar-refractivity contribution in [2.45, 2.75) is 77.2 Å². The van der Waals surface area contributed by atoms with Crippen LogP contribution in [0, 0.1) is 11.3 Å². The molecule has 0 aromatic carbocycles. The third-order valence-corrected chi connectivity index (χ3v) is 6.74. The second-order valence-electron chi connectivity index (χ2n) is 7.63. The fourth-order valence-electron chi connectivity index (χ4n) is 3.54. The normalized spacial score (nSPS) is 31.1. The van der Waals surface area contributed by atoms with Gasteiger partial charge in [-0.05, 0) is 71.1 Å². The van der Waals surface area contributed by atoms with Gasteiger partial charge < -0.3 is 5.11 Å². The molecule has 0 bridgehead atoms. The number of hydrogen-bond donors (Lipinski definition) is 1. The summed E-state index contributed by atoms with van der Waals surface area (Å²) in [5.74, 6) is 0.516. The van der Waals surface area contributed by atoms with Crippen molar-refractivity contribution in [1.82, 2.24) is 0 Å². The largest absolute Gasteiger partial charge is 0.386 e. The van der Waals surface area contributed by atoms with E-state index < -0.39 is 5.60 Å². The van der Waals surface area contributed by atoms with Gasteiger partial charge in [-0.3, -0.25) is 0 Å². The van der Waals surface area contributed by atoms with E-state index in [1.807, 2.05) is 6.92 Å². The first-order valence-corrected chi connectivity index (χ1v) is 9.34. The van der Waals surface area contributed by atoms with Crippen molar-refractivity contribution in [2.75, 3.05) is 0 Å². The van der Waals surface area contributed by atoms with E-state index in [0.29, 0.717) is 10.7 Å². The fraction of sp³-hybridized carbons (Fsp3) is 0.700. The van der Waals surface area contributed by atoms with Crippen LogP contribution in [0.15, 0.2) is 36.0 Å². The van der Waals surface area contributed by atoms with Crippen LogP contribution in [0.1, 0.15) is 66.7 Å². The molecular weight excluding hydrogens is 336 g/mol. The van der Waals surface area contributed by atoms with Gasteiger partial charge in [0.05, 0.1) is 5.60 Å². The Hall–Kier alpha value is -0.340. The summed E-state index contributed by atoms with van der Waals surface area (Å²) in [5, 5.41) is 10.3. The van der Waals surface area contributed by atoms with Crippen LogP contribution in [-0.2, 0) is 0 Å². The van der Waals surface area contributed by atoms with E-state index in [0.717, 1.165) is 25.7 Å². The summed E-state index contributed by atoms with van der Waals surface area (Å²) >= 11 is 3.94. The lowest BCUT2D eigenvalue weighted by molar-refractivity contribution is 0.0790. The molecule has 0 heterocycles. The Kier molecular flexibility index (Phi) is 7.14. The van der Waals surface area contributed by atoms with Gasteiger partial charge in [0.1, 0.15) is 0 Å². The summed E-state index contributed by atoms with van der Waals surface area (Å²) in [6, 6.07) is 0. The van der Waals surface area contributed by atoms with Crippen LogP contribution in [0.4, 0.5) is 0 Å². The predicted molar refractivity (Wildman–Crippen MR) is 101 cm³/mol. The summed E-state index contributed by atoms with van der Waals surface area (Å²) in [4.78, 5) is 0.507. The molecule has 2 heteroatoms. The van der Waals surface area contributed by atoms with Gasteiger partial charge in [0, 0.05) is 4.83 Å². The van der Waals surface area contributed by atoms with Crippen LogP contribution in [-0.4, -0.2) is 15.5 Å². The third-order valence-electron chi connectivity index (χ3n) is 5.32. The summed E-state index contributed by atoms with van der Waals surface area (Å²) in [5.41, 5.74) is 2.35. The van der Waals surface area contributed by atoms with Crippen molar-refractivity contribution >= 4 is 15.9 Å². The average Bonchev–Trinajstić information content (AvgIpc) is 2.43. The first-order valence-electron chi connectivity index (χ1n) is 8.42. The maximum Gasteiger partial charge on any atom is 0.0797 e. The maximum absolute atomic E-state index is 10.3. The van der Waals surface area contributed by atoms with Gasteiger partial charge in [-0.1, -0.05) is 52.2 Å². The summed E-state index contributed by atoms with van der Waals surface area (Å²) in [6.07, 6.45) is 11.6. The van der Waals surface area contributed by atoms with Crippen molar-refractivity contribution in [3.63, 3.8) is 0 Å². The minimum absolute atomic E-state index is 0.238. The number of allylic oxidation sites excluding steroid dienone is 4. The maximum atomic E-state index is 10.3. The van der Waals surface area contributed by atoms with Crippen molar-refractivity contribution in [2.24, 2.45) is 11.3 Å². The number of aliphatic hydroxyl groups is 1. The van der Waals surface area contributed by atoms with Crippen LogP contribution in [0.2, 0.25) is 0 Å². The Morgan fingerprint density at radius 1 is 1.55 bits per heavy atom. The van der Waals surface area contributed by atoms with Gasteiger partial charge in [0.2, 0.25) is 0 Å². The van der Waals surface area contributed by atoms with Gasteiger partial charge in [-0.25, -0.2) is 0 Å². The van der Waals surface area contributed by atoms with Gasteiger partial charge in [0.15, 0.2) is 0 Å². The molecule has 0 radical (unpaired) electrons. The monoisotopic (exact) mass is 368 g/mol. The molecule has 1 rings (SSSR count). The summed E-state index contributed by atoms with van der Waals surface area (Å²) in [6.45, 7) is 14.6. The topological polar surface area (TPSA) is 20.2 Å². The Bertz CT molecular complexity index is 443. The van der Waals surface area contributed by atoms with Crippen LogP contribution >= 0.6 is 15.9 Å². The molecule has 1 N–H and O–H groups in total. The molecule has 1 aliphatic rings. The van der Waals surface area contributed by atoms with Gasteiger partial charge in [0.25, 0.3) is 0 Å². The molecule has 0 fully saturated rings. The highest BCUT2D eigenvalue weighted by Gasteiger charge is 2.42. The van der Waals surface area contributed by atoms with Crippen molar-refractivity contribution < 1.29 is 5.11 Å². The smallest absolute Gasteiger partial charge is 0.0797 e. The zero-order valence-corrected chi connectivity index (χ0v) is 16.5. The molecule has 1 aliphatic carbocycles. The highest BCUT2D eigenvalue weighted by Crippen LogP contribution is 2.50. The van der Waals surface area contributed by atoms with E-state index >= 15 is 0 Å². The van der Waals surface area contributed by atoms with Gasteiger partial charge in [-0.2, -0.15) is 0 Å². The lowest BCUT2D eigenvalue weighted by Gasteiger charge is -2.46. The Morgan fingerprint density at radius 3 is 2.73 bits per heavy atom. The minimum atomic E-state index is -0.764. The molecule has 126 valence electrons. The Morgan fingerprint density at radius 2 is 2.18 bits per heavy atom. The number of hydrogen-bond acceptors (Lipinski definition) is 1. The average molecular weight is 369 g/mol. The second kappa shape index (κ2) is 7.97. The summed E-state index contributed by atoms with van der Waals surface area (Å²) in [7, 11) is 0. The predicted octanol–water partition coefficient (Wildman–Crippen LogP) is 6.19. The standard InChI is InChI=1S/C20H33BrO/c1-7-19(5,22)14-12-17-16(4)10-11-18(21)20(17,6)13-8-9-15(2)3/h7,9-10,17-18,22H,1,8,11-14H2,2-6H3/t17?,18-,19?,20-/m0/s1. The lowest BCUT2D eigenvalue weighted by atomic mass is 9.63. The molecule has 0 saturated heterocycles. The van der Waals surface area contributed by atoms with E-state index in [4.69, 9.17) is 0 Å². The van der Waals surface area contributed by atoms with Gasteiger partial charge >= 0.3 is 0 Å². The zero-order valence-electron chi connectivity index (χ0n) is 15.0. The molecule has 0 amide bonds. The first-order chi connectivity index (χ1) is 10.1. The zero-order chi connectivity index (χ0) is 17.0. The first kappa shape index (κ1) is 19.7. The van der Waals surface area contributed by atoms with Crippen molar-refractivity contribution in [3.8, 4) is 0 Å². The third kappa shape index (κ3) is 5.09. The molecule has 0 aromatic rings. The van der Waals surface area contributed by atoms with Crippen molar-refractivity contribution in [1.29, 1.82) is 0 Å². The SMILES string of the molecule is C=CC(C)(O)CCC1C(C)=CC[C@H](Br)[C@@]1(C)CCC=C(C)C. The lowest BCUT2D eigenvalue weighted by Crippen LogP contribution is -2.40. The number of rotatable bonds is 7. The van der Waals surface area contributed by atoms with E-state index in [1.54, 1.807) is 6.08 Å². The van der Waals surface area contributed by atoms with Crippen LogP contribution in [0.5, 0.6) is 0 Å². The fourth-order valence-corrected chi connectivity index (χ4v) is 4.27. The molecular formula is C20H33BrO. The highest BCUT2D eigenvalue weighted by molar-refractivity contribution is 9.09. The highest BCUT2D eigenvalue weighted by atomic mass is 79.9. The van der Waals surface area contributed by atoms with E-state index in [9.17, 15) is 5.11 Å². The van der Waals surface area contributed by atoms with E-state index in [2.05, 4.69) is 62.4 Å². The van der Waals surface area contributed by atoms with Gasteiger partial charge in [-0.15, -0.1) is 6.58 Å². The van der Waals surface area contributed by atoms with E-state index in [1.165, 1.54) is 17.6 Å². The molecule has 22 heavy (non-hydrogen) atoms.